The maximum Gasteiger partial charge on any atom is 0.305 e. The molecule has 0 saturated heterocycles. The molecule has 1 saturated carbocycles. The van der Waals surface area contributed by atoms with E-state index in [-0.39, 0.29) is 11.3 Å². The second kappa shape index (κ2) is 4.85. The lowest BCUT2D eigenvalue weighted by Crippen LogP contribution is -2.47. The number of carbonyl (C=O) groups is 1. The van der Waals surface area contributed by atoms with Gasteiger partial charge in [0.05, 0.1) is 17.0 Å². The summed E-state index contributed by atoms with van der Waals surface area (Å²) in [5.74, 6) is -0.871. The highest BCUT2D eigenvalue weighted by Crippen LogP contribution is 2.39. The monoisotopic (exact) mass is 283 g/mol. The van der Waals surface area contributed by atoms with Gasteiger partial charge in [0, 0.05) is 11.8 Å². The summed E-state index contributed by atoms with van der Waals surface area (Å²) < 4.78 is 23.4. The molecule has 6 heteroatoms. The highest BCUT2D eigenvalue weighted by atomic mass is 32.2. The van der Waals surface area contributed by atoms with E-state index in [4.69, 9.17) is 5.11 Å². The number of rotatable bonds is 5. The molecular formula is C13H17NO4S. The number of sulfone groups is 1. The zero-order chi connectivity index (χ0) is 14.1. The zero-order valence-corrected chi connectivity index (χ0v) is 11.5. The summed E-state index contributed by atoms with van der Waals surface area (Å²) in [6.07, 6.45) is 3.61. The van der Waals surface area contributed by atoms with Gasteiger partial charge in [-0.3, -0.25) is 4.79 Å². The molecule has 104 valence electrons. The number of anilines is 1. The second-order valence-electron chi connectivity index (χ2n) is 5.10. The fourth-order valence-corrected chi connectivity index (χ4v) is 3.26. The third-order valence-corrected chi connectivity index (χ3v) is 4.64. The Balaban J connectivity index is 2.31. The minimum Gasteiger partial charge on any atom is -0.481 e. The van der Waals surface area contributed by atoms with Gasteiger partial charge in [0.15, 0.2) is 9.84 Å². The largest absolute Gasteiger partial charge is 0.481 e. The van der Waals surface area contributed by atoms with Gasteiger partial charge in [0.1, 0.15) is 0 Å². The number of aliphatic carboxylic acids is 1. The standard InChI is InChI=1S/C13H17NO4S/c1-19(17,18)11-6-3-2-5-10(11)14-13(7-4-8-13)9-12(15)16/h2-3,5-6,14H,4,7-9H2,1H3,(H,15,16). The minimum atomic E-state index is -3.33. The van der Waals surface area contributed by atoms with Gasteiger partial charge in [-0.1, -0.05) is 12.1 Å². The van der Waals surface area contributed by atoms with Crippen molar-refractivity contribution >= 4 is 21.5 Å². The Morgan fingerprint density at radius 2 is 2.00 bits per heavy atom. The molecule has 2 rings (SSSR count). The van der Waals surface area contributed by atoms with Crippen molar-refractivity contribution in [1.82, 2.24) is 0 Å². The predicted octanol–water partition coefficient (Wildman–Crippen LogP) is 1.90. The Labute approximate surface area is 112 Å². The average molecular weight is 283 g/mol. The zero-order valence-electron chi connectivity index (χ0n) is 10.7. The Morgan fingerprint density at radius 1 is 1.37 bits per heavy atom. The SMILES string of the molecule is CS(=O)(=O)c1ccccc1NC1(CC(=O)O)CCC1. The molecular weight excluding hydrogens is 266 g/mol. The topological polar surface area (TPSA) is 83.5 Å². The third-order valence-electron chi connectivity index (χ3n) is 3.49. The number of nitrogens with one attached hydrogen (secondary N) is 1. The summed E-state index contributed by atoms with van der Waals surface area (Å²) in [6.45, 7) is 0. The van der Waals surface area contributed by atoms with Crippen molar-refractivity contribution in [3.8, 4) is 0 Å². The van der Waals surface area contributed by atoms with Crippen molar-refractivity contribution in [2.45, 2.75) is 36.1 Å². The second-order valence-corrected chi connectivity index (χ2v) is 7.08. The first kappa shape index (κ1) is 13.9. The van der Waals surface area contributed by atoms with Crippen molar-refractivity contribution < 1.29 is 18.3 Å². The summed E-state index contributed by atoms with van der Waals surface area (Å²) in [5, 5.41) is 12.1. The molecule has 0 unspecified atom stereocenters. The fourth-order valence-electron chi connectivity index (χ4n) is 2.42. The van der Waals surface area contributed by atoms with E-state index in [1.165, 1.54) is 6.07 Å². The van der Waals surface area contributed by atoms with Gasteiger partial charge < -0.3 is 10.4 Å². The molecule has 0 spiro atoms. The Bertz CT molecular complexity index is 590. The van der Waals surface area contributed by atoms with Crippen LogP contribution in [0.25, 0.3) is 0 Å². The maximum absolute atomic E-state index is 11.7. The van der Waals surface area contributed by atoms with E-state index in [1.807, 2.05) is 0 Å². The van der Waals surface area contributed by atoms with Gasteiger partial charge in [-0.25, -0.2) is 8.42 Å². The van der Waals surface area contributed by atoms with Gasteiger partial charge in [-0.15, -0.1) is 0 Å². The quantitative estimate of drug-likeness (QED) is 0.862. The van der Waals surface area contributed by atoms with E-state index in [1.54, 1.807) is 18.2 Å². The van der Waals surface area contributed by atoms with Crippen LogP contribution in [0.4, 0.5) is 5.69 Å². The Hall–Kier alpha value is -1.56. The van der Waals surface area contributed by atoms with Gasteiger partial charge in [0.25, 0.3) is 0 Å². The van der Waals surface area contributed by atoms with Crippen LogP contribution in [0.3, 0.4) is 0 Å². The molecule has 0 aliphatic heterocycles. The van der Waals surface area contributed by atoms with E-state index < -0.39 is 21.3 Å². The number of hydrogen-bond donors (Lipinski definition) is 2. The molecule has 0 bridgehead atoms. The smallest absolute Gasteiger partial charge is 0.305 e. The van der Waals surface area contributed by atoms with E-state index in [2.05, 4.69) is 5.32 Å². The predicted molar refractivity (Wildman–Crippen MR) is 72.0 cm³/mol. The van der Waals surface area contributed by atoms with Crippen LogP contribution in [0.15, 0.2) is 29.2 Å². The summed E-state index contributed by atoms with van der Waals surface area (Å²) in [7, 11) is -3.33. The molecule has 1 aliphatic rings. The Morgan fingerprint density at radius 3 is 2.47 bits per heavy atom. The molecule has 1 aliphatic carbocycles. The maximum atomic E-state index is 11.7. The van der Waals surface area contributed by atoms with E-state index in [0.717, 1.165) is 25.5 Å². The van der Waals surface area contributed by atoms with Gasteiger partial charge in [0.2, 0.25) is 0 Å². The van der Waals surface area contributed by atoms with E-state index in [9.17, 15) is 13.2 Å². The normalized spacial score (nSPS) is 17.5. The van der Waals surface area contributed by atoms with Crippen LogP contribution in [0.1, 0.15) is 25.7 Å². The molecule has 1 aromatic rings. The first-order chi connectivity index (χ1) is 8.82. The van der Waals surface area contributed by atoms with Crippen molar-refractivity contribution in [2.75, 3.05) is 11.6 Å². The first-order valence-electron chi connectivity index (χ1n) is 6.12. The number of carboxylic acids is 1. The molecule has 5 nitrogen and oxygen atoms in total. The summed E-state index contributed by atoms with van der Waals surface area (Å²) in [6, 6.07) is 6.61. The molecule has 2 N–H and O–H groups in total. The van der Waals surface area contributed by atoms with Crippen LogP contribution in [0.5, 0.6) is 0 Å². The molecule has 0 radical (unpaired) electrons. The minimum absolute atomic E-state index is 0.00506. The molecule has 19 heavy (non-hydrogen) atoms. The number of para-hydroxylation sites is 1. The molecule has 0 amide bonds. The van der Waals surface area contributed by atoms with Gasteiger partial charge in [-0.2, -0.15) is 0 Å². The molecule has 1 fully saturated rings. The fraction of sp³-hybridized carbons (Fsp3) is 0.462. The Kier molecular flexibility index (Phi) is 3.54. The molecule has 0 atom stereocenters. The van der Waals surface area contributed by atoms with Crippen molar-refractivity contribution in [2.24, 2.45) is 0 Å². The third kappa shape index (κ3) is 3.07. The summed E-state index contributed by atoms with van der Waals surface area (Å²) in [4.78, 5) is 11.1. The molecule has 0 heterocycles. The summed E-state index contributed by atoms with van der Waals surface area (Å²) in [5.41, 5.74) is -0.0157. The van der Waals surface area contributed by atoms with Crippen LogP contribution < -0.4 is 5.32 Å². The number of hydrogen-bond acceptors (Lipinski definition) is 4. The van der Waals surface area contributed by atoms with Crippen LogP contribution in [0.2, 0.25) is 0 Å². The van der Waals surface area contributed by atoms with Crippen LogP contribution in [-0.2, 0) is 14.6 Å². The average Bonchev–Trinajstić information content (AvgIpc) is 2.24. The van der Waals surface area contributed by atoms with Gasteiger partial charge in [-0.05, 0) is 31.4 Å². The van der Waals surface area contributed by atoms with E-state index in [0.29, 0.717) is 5.69 Å². The number of benzene rings is 1. The van der Waals surface area contributed by atoms with Crippen LogP contribution in [0, 0.1) is 0 Å². The highest BCUT2D eigenvalue weighted by Gasteiger charge is 2.39. The lowest BCUT2D eigenvalue weighted by molar-refractivity contribution is -0.138. The van der Waals surface area contributed by atoms with Crippen molar-refractivity contribution in [3.05, 3.63) is 24.3 Å². The molecule has 1 aromatic carbocycles. The van der Waals surface area contributed by atoms with Crippen molar-refractivity contribution in [1.29, 1.82) is 0 Å². The molecule has 0 aromatic heterocycles. The number of carboxylic acid groups (broad SMARTS) is 1. The van der Waals surface area contributed by atoms with E-state index >= 15 is 0 Å². The highest BCUT2D eigenvalue weighted by molar-refractivity contribution is 7.90. The lowest BCUT2D eigenvalue weighted by Gasteiger charge is -2.42. The van der Waals surface area contributed by atoms with Crippen LogP contribution >= 0.6 is 0 Å². The van der Waals surface area contributed by atoms with Crippen LogP contribution in [-0.4, -0.2) is 31.3 Å². The first-order valence-corrected chi connectivity index (χ1v) is 8.01. The summed E-state index contributed by atoms with van der Waals surface area (Å²) >= 11 is 0. The van der Waals surface area contributed by atoms with Crippen molar-refractivity contribution in [3.63, 3.8) is 0 Å². The van der Waals surface area contributed by atoms with Gasteiger partial charge >= 0.3 is 5.97 Å². The lowest BCUT2D eigenvalue weighted by atomic mass is 9.74.